The number of aryl methyl sites for hydroxylation is 1. The summed E-state index contributed by atoms with van der Waals surface area (Å²) in [5.74, 6) is 0.569. The second kappa shape index (κ2) is 10.1. The molecule has 1 amide bonds. The molecule has 0 saturated heterocycles. The Balaban J connectivity index is 1.44. The van der Waals surface area contributed by atoms with Gasteiger partial charge in [-0.2, -0.15) is 0 Å². The maximum atomic E-state index is 12.6. The van der Waals surface area contributed by atoms with Crippen molar-refractivity contribution in [1.29, 1.82) is 0 Å². The van der Waals surface area contributed by atoms with Crippen LogP contribution in [0.5, 0.6) is 0 Å². The van der Waals surface area contributed by atoms with Crippen molar-refractivity contribution < 1.29 is 13.2 Å². The molecule has 4 rings (SSSR count). The maximum Gasteiger partial charge on any atom is 0.285 e. The van der Waals surface area contributed by atoms with Crippen LogP contribution in [0, 0.1) is 12.8 Å². The summed E-state index contributed by atoms with van der Waals surface area (Å²) in [5.41, 5.74) is 2.22. The Hall–Kier alpha value is -2.64. The van der Waals surface area contributed by atoms with E-state index in [-0.39, 0.29) is 10.6 Å². The van der Waals surface area contributed by atoms with E-state index in [0.717, 1.165) is 17.9 Å². The normalized spacial score (nSPS) is 14.8. The number of nitrogens with zero attached hydrogens (tertiary/aromatic N) is 2. The number of benzene rings is 2. The van der Waals surface area contributed by atoms with Crippen LogP contribution in [0.1, 0.15) is 59.5 Å². The molecule has 0 unspecified atom stereocenters. The molecule has 0 spiro atoms. The molecule has 174 valence electrons. The number of nitrogens with one attached hydrogen (secondary N) is 1. The Kier molecular flexibility index (Phi) is 7.20. The van der Waals surface area contributed by atoms with Gasteiger partial charge in [0.05, 0.1) is 11.4 Å². The summed E-state index contributed by atoms with van der Waals surface area (Å²) in [5, 5.41) is 0.689. The Morgan fingerprint density at radius 3 is 2.55 bits per heavy atom. The van der Waals surface area contributed by atoms with E-state index in [4.69, 9.17) is 11.6 Å². The van der Waals surface area contributed by atoms with Gasteiger partial charge in [0.15, 0.2) is 0 Å². The maximum absolute atomic E-state index is 12.6. The van der Waals surface area contributed by atoms with Crippen molar-refractivity contribution in [2.24, 2.45) is 5.92 Å². The molecule has 1 aliphatic carbocycles. The Bertz CT molecular complexity index is 1230. The zero-order valence-corrected chi connectivity index (χ0v) is 20.2. The molecule has 1 aliphatic rings. The number of hydrogen-bond donors (Lipinski definition) is 1. The minimum Gasteiger partial charge on any atom is -0.330 e. The summed E-state index contributed by atoms with van der Waals surface area (Å²) in [6, 6.07) is 14.0. The number of sulfonamides is 1. The second-order valence-electron chi connectivity index (χ2n) is 8.68. The number of imidazole rings is 1. The summed E-state index contributed by atoms with van der Waals surface area (Å²) >= 11 is 6.58. The smallest absolute Gasteiger partial charge is 0.285 e. The lowest BCUT2D eigenvalue weighted by molar-refractivity contribution is 0.0977. The number of hydrogen-bond acceptors (Lipinski definition) is 4. The molecule has 3 aromatic rings. The minimum absolute atomic E-state index is 0.0228. The monoisotopic (exact) mass is 485 g/mol. The lowest BCUT2D eigenvalue weighted by Gasteiger charge is -2.21. The first-order chi connectivity index (χ1) is 15.8. The fraction of sp³-hybridized carbons (Fsp3) is 0.360. The Labute approximate surface area is 200 Å². The standard InChI is InChI=1S/C25H28ClN3O3S/c1-18-27-24(25(30)28-33(31,32)22-10-6-3-7-11-22)17-29(18)16-21-13-12-20(15-23(21)26)14-19-8-4-2-5-9-19/h3,6-7,10-13,15,17,19H,2,4-5,8-9,14,16H2,1H3,(H,28,30). The lowest BCUT2D eigenvalue weighted by Crippen LogP contribution is -2.30. The van der Waals surface area contributed by atoms with Crippen molar-refractivity contribution in [3.05, 3.63) is 82.4 Å². The molecule has 0 aliphatic heterocycles. The van der Waals surface area contributed by atoms with Crippen LogP contribution in [0.3, 0.4) is 0 Å². The molecular formula is C25H28ClN3O3S. The topological polar surface area (TPSA) is 81.1 Å². The highest BCUT2D eigenvalue weighted by atomic mass is 35.5. The van der Waals surface area contributed by atoms with Gasteiger partial charge >= 0.3 is 0 Å². The van der Waals surface area contributed by atoms with Gasteiger partial charge < -0.3 is 4.57 Å². The van der Waals surface area contributed by atoms with E-state index in [1.165, 1.54) is 49.8 Å². The minimum atomic E-state index is -3.96. The fourth-order valence-corrected chi connectivity index (χ4v) is 5.61. The Morgan fingerprint density at radius 2 is 1.85 bits per heavy atom. The van der Waals surface area contributed by atoms with Crippen LogP contribution in [-0.4, -0.2) is 23.9 Å². The largest absolute Gasteiger partial charge is 0.330 e. The quantitative estimate of drug-likeness (QED) is 0.502. The number of aromatic nitrogens is 2. The summed E-state index contributed by atoms with van der Waals surface area (Å²) in [6.45, 7) is 2.22. The molecule has 1 fully saturated rings. The molecule has 6 nitrogen and oxygen atoms in total. The second-order valence-corrected chi connectivity index (χ2v) is 10.8. The average molecular weight is 486 g/mol. The van der Waals surface area contributed by atoms with E-state index < -0.39 is 15.9 Å². The first-order valence-corrected chi connectivity index (χ1v) is 13.1. The summed E-state index contributed by atoms with van der Waals surface area (Å²) in [4.78, 5) is 16.8. The van der Waals surface area contributed by atoms with Crippen molar-refractivity contribution in [3.8, 4) is 0 Å². The average Bonchev–Trinajstić information content (AvgIpc) is 3.17. The number of carbonyl (C=O) groups excluding carboxylic acids is 1. The van der Waals surface area contributed by atoms with Crippen LogP contribution in [0.4, 0.5) is 0 Å². The number of halogens is 1. The van der Waals surface area contributed by atoms with Gasteiger partial charge in [-0.1, -0.05) is 74.0 Å². The van der Waals surface area contributed by atoms with Crippen LogP contribution in [0.15, 0.2) is 59.6 Å². The predicted octanol–water partition coefficient (Wildman–Crippen LogP) is 5.13. The van der Waals surface area contributed by atoms with Crippen molar-refractivity contribution in [2.75, 3.05) is 0 Å². The molecule has 1 heterocycles. The van der Waals surface area contributed by atoms with Gasteiger partial charge in [-0.15, -0.1) is 0 Å². The molecule has 1 saturated carbocycles. The van der Waals surface area contributed by atoms with Crippen LogP contribution in [0.2, 0.25) is 5.02 Å². The number of rotatable bonds is 7. The summed E-state index contributed by atoms with van der Waals surface area (Å²) in [7, 11) is -3.96. The molecule has 0 radical (unpaired) electrons. The first kappa shape index (κ1) is 23.5. The molecule has 1 N–H and O–H groups in total. The lowest BCUT2D eigenvalue weighted by atomic mass is 9.85. The third kappa shape index (κ3) is 5.84. The summed E-state index contributed by atoms with van der Waals surface area (Å²) < 4.78 is 28.7. The van der Waals surface area contributed by atoms with Crippen LogP contribution in [-0.2, 0) is 23.0 Å². The SMILES string of the molecule is Cc1nc(C(=O)NS(=O)(=O)c2ccccc2)cn1Cc1ccc(CC2CCCCC2)cc1Cl. The molecule has 0 atom stereocenters. The highest BCUT2D eigenvalue weighted by molar-refractivity contribution is 7.90. The number of carbonyl (C=O) groups is 1. The van der Waals surface area contributed by atoms with Gasteiger partial charge in [0.25, 0.3) is 15.9 Å². The molecule has 2 aromatic carbocycles. The van der Waals surface area contributed by atoms with Gasteiger partial charge in [0.1, 0.15) is 11.5 Å². The van der Waals surface area contributed by atoms with Gasteiger partial charge in [-0.3, -0.25) is 4.79 Å². The van der Waals surface area contributed by atoms with Crippen molar-refractivity contribution in [1.82, 2.24) is 14.3 Å². The van der Waals surface area contributed by atoms with Crippen LogP contribution >= 0.6 is 11.6 Å². The molecular weight excluding hydrogens is 458 g/mol. The van der Waals surface area contributed by atoms with Crippen molar-refractivity contribution in [3.63, 3.8) is 0 Å². The third-order valence-corrected chi connectivity index (χ3v) is 7.90. The Morgan fingerprint density at radius 1 is 1.12 bits per heavy atom. The van der Waals surface area contributed by atoms with E-state index in [9.17, 15) is 13.2 Å². The van der Waals surface area contributed by atoms with Gasteiger partial charge in [0.2, 0.25) is 0 Å². The van der Waals surface area contributed by atoms with Gasteiger partial charge in [0, 0.05) is 11.2 Å². The van der Waals surface area contributed by atoms with Crippen LogP contribution in [0.25, 0.3) is 0 Å². The van der Waals surface area contributed by atoms with Gasteiger partial charge in [-0.05, 0) is 48.6 Å². The first-order valence-electron chi connectivity index (χ1n) is 11.2. The zero-order valence-electron chi connectivity index (χ0n) is 18.6. The highest BCUT2D eigenvalue weighted by Crippen LogP contribution is 2.28. The van der Waals surface area contributed by atoms with E-state index in [0.29, 0.717) is 17.4 Å². The fourth-order valence-electron chi connectivity index (χ4n) is 4.36. The van der Waals surface area contributed by atoms with E-state index in [1.807, 2.05) is 12.1 Å². The van der Waals surface area contributed by atoms with Crippen molar-refractivity contribution >= 4 is 27.5 Å². The molecule has 0 bridgehead atoms. The third-order valence-electron chi connectivity index (χ3n) is 6.20. The van der Waals surface area contributed by atoms with Gasteiger partial charge in [-0.25, -0.2) is 18.1 Å². The van der Waals surface area contributed by atoms with E-state index in [2.05, 4.69) is 15.8 Å². The zero-order chi connectivity index (χ0) is 23.4. The molecule has 33 heavy (non-hydrogen) atoms. The number of amides is 1. The van der Waals surface area contributed by atoms with E-state index in [1.54, 1.807) is 35.9 Å². The summed E-state index contributed by atoms with van der Waals surface area (Å²) in [6.07, 6.45) is 9.18. The molecule has 8 heteroatoms. The van der Waals surface area contributed by atoms with Crippen LogP contribution < -0.4 is 4.72 Å². The highest BCUT2D eigenvalue weighted by Gasteiger charge is 2.21. The van der Waals surface area contributed by atoms with E-state index >= 15 is 0 Å². The van der Waals surface area contributed by atoms with Crippen molar-refractivity contribution in [2.45, 2.75) is 56.9 Å². The predicted molar refractivity (Wildman–Crippen MR) is 129 cm³/mol. The molecule has 1 aromatic heterocycles.